The molecule has 18 heavy (non-hydrogen) atoms. The monoisotopic (exact) mass is 265 g/mol. The van der Waals surface area contributed by atoms with E-state index < -0.39 is 0 Å². The Balaban J connectivity index is 1.93. The summed E-state index contributed by atoms with van der Waals surface area (Å²) >= 11 is 1.98. The van der Waals surface area contributed by atoms with Crippen molar-refractivity contribution >= 4 is 17.5 Å². The molecular weight excluding hydrogens is 246 g/mol. The summed E-state index contributed by atoms with van der Waals surface area (Å²) in [5.41, 5.74) is 0.771. The van der Waals surface area contributed by atoms with Gasteiger partial charge >= 0.3 is 0 Å². The Hall–Kier alpha value is -1.00. The highest BCUT2D eigenvalue weighted by atomic mass is 32.2. The number of hydrogen-bond acceptors (Lipinski definition) is 4. The van der Waals surface area contributed by atoms with Crippen molar-refractivity contribution < 1.29 is 9.53 Å². The van der Waals surface area contributed by atoms with Crippen molar-refractivity contribution in [2.45, 2.75) is 6.42 Å². The van der Waals surface area contributed by atoms with Gasteiger partial charge in [0.2, 0.25) is 0 Å². The highest BCUT2D eigenvalue weighted by Crippen LogP contribution is 2.14. The van der Waals surface area contributed by atoms with E-state index in [4.69, 9.17) is 4.74 Å². The van der Waals surface area contributed by atoms with Gasteiger partial charge < -0.3 is 4.74 Å². The maximum atomic E-state index is 12.1. The van der Waals surface area contributed by atoms with Crippen LogP contribution in [0.5, 0.6) is 5.75 Å². The van der Waals surface area contributed by atoms with E-state index in [1.165, 1.54) is 12.2 Å². The predicted molar refractivity (Wildman–Crippen MR) is 75.7 cm³/mol. The molecule has 1 fully saturated rings. The third-order valence-corrected chi connectivity index (χ3v) is 4.14. The molecule has 2 rings (SSSR count). The van der Waals surface area contributed by atoms with Crippen LogP contribution >= 0.6 is 11.8 Å². The maximum Gasteiger partial charge on any atom is 0.176 e. The second-order valence-corrected chi connectivity index (χ2v) is 5.62. The van der Waals surface area contributed by atoms with E-state index in [0.29, 0.717) is 6.54 Å². The first-order valence-corrected chi connectivity index (χ1v) is 7.42. The van der Waals surface area contributed by atoms with Crippen LogP contribution in [0, 0.1) is 0 Å². The average molecular weight is 265 g/mol. The minimum absolute atomic E-state index is 0.199. The van der Waals surface area contributed by atoms with Crippen molar-refractivity contribution in [3.8, 4) is 5.75 Å². The molecule has 1 saturated heterocycles. The normalized spacial score (nSPS) is 17.2. The second kappa shape index (κ2) is 6.81. The summed E-state index contributed by atoms with van der Waals surface area (Å²) in [7, 11) is 1.63. The number of carbonyl (C=O) groups is 1. The van der Waals surface area contributed by atoms with E-state index >= 15 is 0 Å². The second-order valence-electron chi connectivity index (χ2n) is 4.39. The average Bonchev–Trinajstić information content (AvgIpc) is 2.67. The first-order chi connectivity index (χ1) is 8.79. The van der Waals surface area contributed by atoms with Gasteiger partial charge in [-0.15, -0.1) is 0 Å². The molecule has 0 spiro atoms. The quantitative estimate of drug-likeness (QED) is 0.781. The topological polar surface area (TPSA) is 29.5 Å². The first-order valence-electron chi connectivity index (χ1n) is 6.27. The van der Waals surface area contributed by atoms with E-state index in [-0.39, 0.29) is 5.78 Å². The minimum atomic E-state index is 0.199. The third kappa shape index (κ3) is 3.75. The van der Waals surface area contributed by atoms with Gasteiger partial charge in [-0.1, -0.05) is 0 Å². The Bertz CT molecular complexity index is 383. The molecule has 1 heterocycles. The standard InChI is InChI=1S/C14H19NO2S/c1-17-13-5-3-12(4-6-13)14(16)11-15-7-2-9-18-10-8-15/h3-6H,2,7-11H2,1H3. The number of thioether (sulfide) groups is 1. The van der Waals surface area contributed by atoms with E-state index in [2.05, 4.69) is 4.90 Å². The SMILES string of the molecule is COc1ccc(C(=O)CN2CCCSCC2)cc1. The van der Waals surface area contributed by atoms with E-state index in [1.807, 2.05) is 36.0 Å². The van der Waals surface area contributed by atoms with Crippen molar-refractivity contribution in [2.75, 3.05) is 38.2 Å². The molecule has 98 valence electrons. The summed E-state index contributed by atoms with van der Waals surface area (Å²) in [4.78, 5) is 14.4. The molecule has 0 aromatic heterocycles. The van der Waals surface area contributed by atoms with Crippen molar-refractivity contribution in [3.63, 3.8) is 0 Å². The molecule has 1 aromatic rings. The molecule has 1 aliphatic heterocycles. The third-order valence-electron chi connectivity index (χ3n) is 3.09. The summed E-state index contributed by atoms with van der Waals surface area (Å²) in [6.45, 7) is 2.59. The molecule has 1 aromatic carbocycles. The van der Waals surface area contributed by atoms with Crippen LogP contribution in [-0.2, 0) is 0 Å². The van der Waals surface area contributed by atoms with Crippen LogP contribution in [-0.4, -0.2) is 48.9 Å². The van der Waals surface area contributed by atoms with Crippen LogP contribution < -0.4 is 4.74 Å². The smallest absolute Gasteiger partial charge is 0.176 e. The molecule has 4 heteroatoms. The summed E-state index contributed by atoms with van der Waals surface area (Å²) in [6.07, 6.45) is 1.18. The molecule has 0 N–H and O–H groups in total. The lowest BCUT2D eigenvalue weighted by Crippen LogP contribution is -2.31. The molecular formula is C14H19NO2S. The lowest BCUT2D eigenvalue weighted by molar-refractivity contribution is 0.0936. The summed E-state index contributed by atoms with van der Waals surface area (Å²) < 4.78 is 5.09. The molecule has 0 radical (unpaired) electrons. The number of methoxy groups -OCH3 is 1. The van der Waals surface area contributed by atoms with Gasteiger partial charge in [-0.05, 0) is 43.0 Å². The zero-order valence-corrected chi connectivity index (χ0v) is 11.5. The van der Waals surface area contributed by atoms with Crippen molar-refractivity contribution in [1.29, 1.82) is 0 Å². The van der Waals surface area contributed by atoms with Crippen LogP contribution in [0.15, 0.2) is 24.3 Å². The molecule has 0 amide bonds. The van der Waals surface area contributed by atoms with E-state index in [0.717, 1.165) is 30.2 Å². The molecule has 0 aliphatic carbocycles. The number of ether oxygens (including phenoxy) is 1. The number of rotatable bonds is 4. The number of Topliss-reactive ketones (excluding diaryl/α,β-unsaturated/α-hetero) is 1. The van der Waals surface area contributed by atoms with Gasteiger partial charge in [0.1, 0.15) is 5.75 Å². The van der Waals surface area contributed by atoms with Gasteiger partial charge in [-0.25, -0.2) is 0 Å². The Morgan fingerprint density at radius 3 is 2.78 bits per heavy atom. The van der Waals surface area contributed by atoms with Gasteiger partial charge in [-0.3, -0.25) is 9.69 Å². The fourth-order valence-electron chi connectivity index (χ4n) is 2.03. The number of nitrogens with zero attached hydrogens (tertiary/aromatic N) is 1. The van der Waals surface area contributed by atoms with Gasteiger partial charge in [0.25, 0.3) is 0 Å². The fourth-order valence-corrected chi connectivity index (χ4v) is 2.95. The van der Waals surface area contributed by atoms with E-state index in [1.54, 1.807) is 7.11 Å². The Labute approximate surface area is 113 Å². The van der Waals surface area contributed by atoms with Crippen LogP contribution in [0.3, 0.4) is 0 Å². The van der Waals surface area contributed by atoms with Crippen LogP contribution in [0.1, 0.15) is 16.8 Å². The van der Waals surface area contributed by atoms with Crippen LogP contribution in [0.4, 0.5) is 0 Å². The molecule has 3 nitrogen and oxygen atoms in total. The minimum Gasteiger partial charge on any atom is -0.497 e. The van der Waals surface area contributed by atoms with E-state index in [9.17, 15) is 4.79 Å². The fraction of sp³-hybridized carbons (Fsp3) is 0.500. The predicted octanol–water partition coefficient (Wildman–Crippen LogP) is 2.32. The maximum absolute atomic E-state index is 12.1. The number of carbonyl (C=O) groups excluding carboxylic acids is 1. The molecule has 0 saturated carbocycles. The summed E-state index contributed by atoms with van der Waals surface area (Å²) in [5.74, 6) is 3.34. The van der Waals surface area contributed by atoms with Gasteiger partial charge in [-0.2, -0.15) is 11.8 Å². The molecule has 1 aliphatic rings. The first kappa shape index (κ1) is 13.4. The van der Waals surface area contributed by atoms with Gasteiger partial charge in [0.05, 0.1) is 13.7 Å². The number of ketones is 1. The number of hydrogen-bond donors (Lipinski definition) is 0. The summed E-state index contributed by atoms with van der Waals surface area (Å²) in [5, 5.41) is 0. The van der Waals surface area contributed by atoms with Crippen molar-refractivity contribution in [2.24, 2.45) is 0 Å². The van der Waals surface area contributed by atoms with Crippen molar-refractivity contribution in [3.05, 3.63) is 29.8 Å². The zero-order chi connectivity index (χ0) is 12.8. The number of benzene rings is 1. The van der Waals surface area contributed by atoms with Crippen LogP contribution in [0.25, 0.3) is 0 Å². The lowest BCUT2D eigenvalue weighted by atomic mass is 10.1. The van der Waals surface area contributed by atoms with Crippen molar-refractivity contribution in [1.82, 2.24) is 4.90 Å². The Morgan fingerprint density at radius 2 is 2.06 bits per heavy atom. The molecule has 0 bridgehead atoms. The Kier molecular flexibility index (Phi) is 5.08. The highest BCUT2D eigenvalue weighted by molar-refractivity contribution is 7.99. The Morgan fingerprint density at radius 1 is 1.28 bits per heavy atom. The largest absolute Gasteiger partial charge is 0.497 e. The van der Waals surface area contributed by atoms with Crippen LogP contribution in [0.2, 0.25) is 0 Å². The van der Waals surface area contributed by atoms with Gasteiger partial charge in [0, 0.05) is 17.9 Å². The highest BCUT2D eigenvalue weighted by Gasteiger charge is 2.14. The lowest BCUT2D eigenvalue weighted by Gasteiger charge is -2.18. The van der Waals surface area contributed by atoms with Gasteiger partial charge in [0.15, 0.2) is 5.78 Å². The molecule has 0 unspecified atom stereocenters. The summed E-state index contributed by atoms with van der Waals surface area (Å²) in [6, 6.07) is 7.36. The molecule has 0 atom stereocenters. The zero-order valence-electron chi connectivity index (χ0n) is 10.7.